The topological polar surface area (TPSA) is 116 Å². The third-order valence-electron chi connectivity index (χ3n) is 2.36. The molecule has 0 radical (unpaired) electrons. The summed E-state index contributed by atoms with van der Waals surface area (Å²) in [5.74, 6) is -1.11. The molecule has 0 aliphatic heterocycles. The molecular weight excluding hydrogens is 320 g/mol. The van der Waals surface area contributed by atoms with Gasteiger partial charge in [-0.15, -0.1) is 0 Å². The summed E-state index contributed by atoms with van der Waals surface area (Å²) in [4.78, 5) is 21.4. The largest absolute Gasteiger partial charge is 0.502 e. The van der Waals surface area contributed by atoms with Crippen LogP contribution in [0.2, 0.25) is 0 Å². The average molecular weight is 333 g/mol. The molecule has 0 bridgehead atoms. The fraction of sp³-hybridized carbons (Fsp3) is 0.364. The smallest absolute Gasteiger partial charge is 0.323 e. The van der Waals surface area contributed by atoms with E-state index >= 15 is 0 Å². The summed E-state index contributed by atoms with van der Waals surface area (Å²) >= 11 is 3.10. The lowest BCUT2D eigenvalue weighted by molar-refractivity contribution is -0.386. The van der Waals surface area contributed by atoms with Crippen LogP contribution in [0, 0.1) is 10.1 Å². The lowest BCUT2D eigenvalue weighted by Crippen LogP contribution is -2.34. The van der Waals surface area contributed by atoms with Gasteiger partial charge in [-0.2, -0.15) is 0 Å². The molecular formula is C11H13BrN2O5. The van der Waals surface area contributed by atoms with Gasteiger partial charge >= 0.3 is 11.7 Å². The molecule has 0 heterocycles. The second kappa shape index (κ2) is 6.48. The minimum absolute atomic E-state index is 0.0506. The Hall–Kier alpha value is -1.67. The van der Waals surface area contributed by atoms with Gasteiger partial charge < -0.3 is 15.6 Å². The van der Waals surface area contributed by atoms with Crippen molar-refractivity contribution in [3.05, 3.63) is 32.3 Å². The maximum atomic E-state index is 11.4. The molecule has 1 rings (SSSR count). The van der Waals surface area contributed by atoms with E-state index in [9.17, 15) is 20.0 Å². The quantitative estimate of drug-likeness (QED) is 0.479. The molecule has 0 spiro atoms. The van der Waals surface area contributed by atoms with Crippen LogP contribution < -0.4 is 5.73 Å². The van der Waals surface area contributed by atoms with Crippen molar-refractivity contribution in [2.75, 3.05) is 6.61 Å². The van der Waals surface area contributed by atoms with E-state index in [-0.39, 0.29) is 18.6 Å². The standard InChI is InChI=1S/C11H13BrN2O5/c1-2-19-11(16)8(13)4-6-3-7(12)5-9(10(6)15)14(17)18/h3,5,8,15H,2,4,13H2,1H3. The number of halogens is 1. The molecule has 7 nitrogen and oxygen atoms in total. The Morgan fingerprint density at radius 2 is 2.26 bits per heavy atom. The number of carbonyl (C=O) groups excluding carboxylic acids is 1. The lowest BCUT2D eigenvalue weighted by atomic mass is 10.0. The van der Waals surface area contributed by atoms with Crippen molar-refractivity contribution in [1.29, 1.82) is 0 Å². The molecule has 1 aromatic rings. The summed E-state index contributed by atoms with van der Waals surface area (Å²) in [7, 11) is 0. The van der Waals surface area contributed by atoms with Crippen LogP contribution >= 0.6 is 15.9 Å². The molecule has 0 aromatic heterocycles. The number of nitrogens with zero attached hydrogens (tertiary/aromatic N) is 1. The van der Waals surface area contributed by atoms with Crippen LogP contribution in [0.5, 0.6) is 5.75 Å². The Morgan fingerprint density at radius 1 is 1.63 bits per heavy atom. The highest BCUT2D eigenvalue weighted by Crippen LogP contribution is 2.33. The van der Waals surface area contributed by atoms with Crippen LogP contribution in [0.4, 0.5) is 5.69 Å². The molecule has 1 atom stereocenters. The Balaban J connectivity index is 3.01. The number of hydrogen-bond donors (Lipinski definition) is 2. The number of carbonyl (C=O) groups is 1. The Morgan fingerprint density at radius 3 is 2.79 bits per heavy atom. The first-order chi connectivity index (χ1) is 8.86. The summed E-state index contributed by atoms with van der Waals surface area (Å²) in [6.45, 7) is 1.84. The number of phenols is 1. The number of ether oxygens (including phenoxy) is 1. The van der Waals surface area contributed by atoms with Crippen molar-refractivity contribution in [2.45, 2.75) is 19.4 Å². The van der Waals surface area contributed by atoms with E-state index < -0.39 is 28.4 Å². The minimum Gasteiger partial charge on any atom is -0.502 e. The Bertz CT molecular complexity index is 506. The van der Waals surface area contributed by atoms with Crippen molar-refractivity contribution in [1.82, 2.24) is 0 Å². The number of rotatable bonds is 5. The van der Waals surface area contributed by atoms with Gasteiger partial charge in [-0.25, -0.2) is 0 Å². The van der Waals surface area contributed by atoms with Gasteiger partial charge in [-0.1, -0.05) is 15.9 Å². The number of nitrogens with two attached hydrogens (primary N) is 1. The zero-order chi connectivity index (χ0) is 14.6. The van der Waals surface area contributed by atoms with Gasteiger partial charge in [0.15, 0.2) is 5.75 Å². The maximum Gasteiger partial charge on any atom is 0.323 e. The van der Waals surface area contributed by atoms with Gasteiger partial charge in [0.25, 0.3) is 0 Å². The zero-order valence-electron chi connectivity index (χ0n) is 10.1. The van der Waals surface area contributed by atoms with Crippen LogP contribution in [0.15, 0.2) is 16.6 Å². The van der Waals surface area contributed by atoms with E-state index in [1.54, 1.807) is 6.92 Å². The van der Waals surface area contributed by atoms with Crippen LogP contribution in [-0.4, -0.2) is 28.6 Å². The second-order valence-electron chi connectivity index (χ2n) is 3.75. The van der Waals surface area contributed by atoms with E-state index in [2.05, 4.69) is 15.9 Å². The van der Waals surface area contributed by atoms with Crippen LogP contribution in [0.25, 0.3) is 0 Å². The van der Waals surface area contributed by atoms with Crippen molar-refractivity contribution >= 4 is 27.6 Å². The fourth-order valence-corrected chi connectivity index (χ4v) is 2.00. The fourth-order valence-electron chi connectivity index (χ4n) is 1.50. The first-order valence-corrected chi connectivity index (χ1v) is 6.24. The van der Waals surface area contributed by atoms with Crippen LogP contribution in [0.3, 0.4) is 0 Å². The Kier molecular flexibility index (Phi) is 5.25. The van der Waals surface area contributed by atoms with Gasteiger partial charge in [0.05, 0.1) is 11.5 Å². The molecule has 104 valence electrons. The predicted octanol–water partition coefficient (Wildman–Crippen LogP) is 1.50. The van der Waals surface area contributed by atoms with Crippen LogP contribution in [-0.2, 0) is 16.0 Å². The molecule has 3 N–H and O–H groups in total. The SMILES string of the molecule is CCOC(=O)C(N)Cc1cc(Br)cc([N+](=O)[O-])c1O. The third kappa shape index (κ3) is 3.90. The van der Waals surface area contributed by atoms with Gasteiger partial charge in [0.1, 0.15) is 6.04 Å². The molecule has 1 aromatic carbocycles. The average Bonchev–Trinajstić information content (AvgIpc) is 2.33. The highest BCUT2D eigenvalue weighted by molar-refractivity contribution is 9.10. The summed E-state index contributed by atoms with van der Waals surface area (Å²) in [6.07, 6.45) is -0.0506. The summed E-state index contributed by atoms with van der Waals surface area (Å²) in [5, 5.41) is 20.5. The first-order valence-electron chi connectivity index (χ1n) is 5.44. The zero-order valence-corrected chi connectivity index (χ0v) is 11.7. The van der Waals surface area contributed by atoms with Crippen molar-refractivity contribution in [2.24, 2.45) is 5.73 Å². The van der Waals surface area contributed by atoms with E-state index in [0.717, 1.165) is 0 Å². The highest BCUT2D eigenvalue weighted by Gasteiger charge is 2.22. The third-order valence-corrected chi connectivity index (χ3v) is 2.82. The number of phenolic OH excluding ortho intramolecular Hbond substituents is 1. The van der Waals surface area contributed by atoms with E-state index in [1.807, 2.05) is 0 Å². The molecule has 0 amide bonds. The summed E-state index contributed by atoms with van der Waals surface area (Å²) in [5.41, 5.74) is 5.38. The molecule has 0 saturated carbocycles. The molecule has 0 fully saturated rings. The normalized spacial score (nSPS) is 11.9. The van der Waals surface area contributed by atoms with E-state index in [4.69, 9.17) is 10.5 Å². The van der Waals surface area contributed by atoms with Gasteiger partial charge in [0, 0.05) is 22.5 Å². The van der Waals surface area contributed by atoms with E-state index in [1.165, 1.54) is 12.1 Å². The minimum atomic E-state index is -0.986. The first kappa shape index (κ1) is 15.4. The number of hydrogen-bond acceptors (Lipinski definition) is 6. The van der Waals surface area contributed by atoms with Crippen molar-refractivity contribution in [3.8, 4) is 5.75 Å². The number of benzene rings is 1. The van der Waals surface area contributed by atoms with Crippen LogP contribution in [0.1, 0.15) is 12.5 Å². The van der Waals surface area contributed by atoms with Gasteiger partial charge in [0.2, 0.25) is 0 Å². The molecule has 0 saturated heterocycles. The van der Waals surface area contributed by atoms with E-state index in [0.29, 0.717) is 4.47 Å². The van der Waals surface area contributed by atoms with Crippen molar-refractivity contribution < 1.29 is 19.6 Å². The lowest BCUT2D eigenvalue weighted by Gasteiger charge is -2.12. The molecule has 8 heteroatoms. The predicted molar refractivity (Wildman–Crippen MR) is 70.8 cm³/mol. The number of nitro benzene ring substituents is 1. The number of esters is 1. The van der Waals surface area contributed by atoms with Gasteiger partial charge in [-0.05, 0) is 13.0 Å². The second-order valence-corrected chi connectivity index (χ2v) is 4.67. The van der Waals surface area contributed by atoms with Crippen molar-refractivity contribution in [3.63, 3.8) is 0 Å². The monoisotopic (exact) mass is 332 g/mol. The maximum absolute atomic E-state index is 11.4. The highest BCUT2D eigenvalue weighted by atomic mass is 79.9. The number of aromatic hydroxyl groups is 1. The molecule has 1 unspecified atom stereocenters. The summed E-state index contributed by atoms with van der Waals surface area (Å²) in [6, 6.07) is 1.66. The molecule has 0 aliphatic rings. The molecule has 19 heavy (non-hydrogen) atoms. The number of nitro groups is 1. The van der Waals surface area contributed by atoms with Gasteiger partial charge in [-0.3, -0.25) is 14.9 Å². The summed E-state index contributed by atoms with van der Waals surface area (Å²) < 4.78 is 5.15. The Labute approximate surface area is 117 Å². The molecule has 0 aliphatic carbocycles.